The Labute approximate surface area is 162 Å². The SMILES string of the molecule is O=C1c2cc([N+](=O)[O-])ccc2[C@@H](NCc2ccccc2)N1Cc1ccccc1. The molecule has 0 aliphatic carbocycles. The van der Waals surface area contributed by atoms with Crippen LogP contribution in [0.5, 0.6) is 0 Å². The second kappa shape index (κ2) is 7.62. The van der Waals surface area contributed by atoms with Crippen molar-refractivity contribution in [3.8, 4) is 0 Å². The van der Waals surface area contributed by atoms with Gasteiger partial charge in [0.25, 0.3) is 11.6 Å². The predicted octanol–water partition coefficient (Wildman–Crippen LogP) is 4.04. The molecule has 6 heteroatoms. The second-order valence-corrected chi connectivity index (χ2v) is 6.72. The van der Waals surface area contributed by atoms with E-state index < -0.39 is 4.92 Å². The summed E-state index contributed by atoms with van der Waals surface area (Å²) >= 11 is 0. The fourth-order valence-electron chi connectivity index (χ4n) is 3.50. The number of carbonyl (C=O) groups excluding carboxylic acids is 1. The van der Waals surface area contributed by atoms with Crippen molar-refractivity contribution in [3.05, 3.63) is 111 Å². The van der Waals surface area contributed by atoms with E-state index in [9.17, 15) is 14.9 Å². The summed E-state index contributed by atoms with van der Waals surface area (Å²) in [5, 5.41) is 14.6. The average Bonchev–Trinajstić information content (AvgIpc) is 2.99. The molecule has 1 aliphatic rings. The number of rotatable bonds is 6. The third-order valence-electron chi connectivity index (χ3n) is 4.88. The minimum Gasteiger partial charge on any atom is -0.315 e. The number of hydrogen-bond donors (Lipinski definition) is 1. The van der Waals surface area contributed by atoms with Gasteiger partial charge in [-0.1, -0.05) is 60.7 Å². The van der Waals surface area contributed by atoms with E-state index in [1.807, 2.05) is 60.7 Å². The highest BCUT2D eigenvalue weighted by Crippen LogP contribution is 2.35. The maximum atomic E-state index is 13.1. The van der Waals surface area contributed by atoms with Gasteiger partial charge in [-0.15, -0.1) is 0 Å². The Bertz CT molecular complexity index is 1010. The highest BCUT2D eigenvalue weighted by Gasteiger charge is 2.37. The molecule has 3 aromatic rings. The first kappa shape index (κ1) is 17.9. The van der Waals surface area contributed by atoms with Crippen LogP contribution in [0.25, 0.3) is 0 Å². The molecule has 6 nitrogen and oxygen atoms in total. The van der Waals surface area contributed by atoms with Gasteiger partial charge in [0.05, 0.1) is 10.5 Å². The molecule has 1 atom stereocenters. The zero-order valence-corrected chi connectivity index (χ0v) is 15.1. The molecule has 1 heterocycles. The van der Waals surface area contributed by atoms with Crippen LogP contribution in [0.3, 0.4) is 0 Å². The molecule has 4 rings (SSSR count). The van der Waals surface area contributed by atoms with Gasteiger partial charge in [-0.05, 0) is 17.2 Å². The van der Waals surface area contributed by atoms with Crippen LogP contribution < -0.4 is 5.32 Å². The number of hydrogen-bond acceptors (Lipinski definition) is 4. The Kier molecular flexibility index (Phi) is 4.87. The normalized spacial score (nSPS) is 15.5. The molecule has 140 valence electrons. The van der Waals surface area contributed by atoms with Gasteiger partial charge in [0.2, 0.25) is 0 Å². The number of amides is 1. The lowest BCUT2D eigenvalue weighted by molar-refractivity contribution is -0.384. The molecule has 0 unspecified atom stereocenters. The van der Waals surface area contributed by atoms with Crippen molar-refractivity contribution in [1.82, 2.24) is 10.2 Å². The summed E-state index contributed by atoms with van der Waals surface area (Å²) in [6.07, 6.45) is -0.344. The molecule has 28 heavy (non-hydrogen) atoms. The van der Waals surface area contributed by atoms with Crippen LogP contribution in [0.1, 0.15) is 33.2 Å². The Morgan fingerprint density at radius 2 is 1.57 bits per heavy atom. The molecule has 0 saturated carbocycles. The summed E-state index contributed by atoms with van der Waals surface area (Å²) in [7, 11) is 0. The van der Waals surface area contributed by atoms with Gasteiger partial charge < -0.3 is 4.90 Å². The summed E-state index contributed by atoms with van der Waals surface area (Å²) in [5.41, 5.74) is 3.18. The van der Waals surface area contributed by atoms with Crippen molar-refractivity contribution in [1.29, 1.82) is 0 Å². The first-order valence-corrected chi connectivity index (χ1v) is 9.04. The molecule has 1 N–H and O–H groups in total. The van der Waals surface area contributed by atoms with Crippen LogP contribution in [0.2, 0.25) is 0 Å². The fourth-order valence-corrected chi connectivity index (χ4v) is 3.50. The number of non-ortho nitro benzene ring substituents is 1. The summed E-state index contributed by atoms with van der Waals surface area (Å²) in [6, 6.07) is 24.2. The van der Waals surface area contributed by atoms with Gasteiger partial charge in [-0.3, -0.25) is 20.2 Å². The van der Waals surface area contributed by atoms with Crippen LogP contribution in [-0.4, -0.2) is 15.7 Å². The van der Waals surface area contributed by atoms with Gasteiger partial charge in [0.15, 0.2) is 0 Å². The molecule has 0 aromatic heterocycles. The molecule has 0 radical (unpaired) electrons. The zero-order chi connectivity index (χ0) is 19.5. The smallest absolute Gasteiger partial charge is 0.270 e. The van der Waals surface area contributed by atoms with Crippen LogP contribution in [0.15, 0.2) is 78.9 Å². The number of fused-ring (bicyclic) bond motifs is 1. The van der Waals surface area contributed by atoms with Crippen molar-refractivity contribution in [2.75, 3.05) is 0 Å². The molecule has 1 aliphatic heterocycles. The number of nitro groups is 1. The zero-order valence-electron chi connectivity index (χ0n) is 15.1. The first-order valence-electron chi connectivity index (χ1n) is 9.04. The standard InChI is InChI=1S/C22H19N3O3/c26-22-20-13-18(25(27)28)11-12-19(20)21(23-14-16-7-3-1-4-8-16)24(22)15-17-9-5-2-6-10-17/h1-13,21,23H,14-15H2/t21-/m0/s1. The van der Waals surface area contributed by atoms with E-state index in [0.29, 0.717) is 18.7 Å². The number of benzene rings is 3. The van der Waals surface area contributed by atoms with Gasteiger partial charge in [-0.25, -0.2) is 0 Å². The Morgan fingerprint density at radius 1 is 0.929 bits per heavy atom. The highest BCUT2D eigenvalue weighted by atomic mass is 16.6. The first-order chi connectivity index (χ1) is 13.6. The van der Waals surface area contributed by atoms with E-state index in [4.69, 9.17) is 0 Å². The maximum Gasteiger partial charge on any atom is 0.270 e. The van der Waals surface area contributed by atoms with Crippen molar-refractivity contribution >= 4 is 11.6 Å². The van der Waals surface area contributed by atoms with E-state index in [1.54, 1.807) is 11.0 Å². The van der Waals surface area contributed by atoms with Crippen molar-refractivity contribution in [3.63, 3.8) is 0 Å². The monoisotopic (exact) mass is 373 g/mol. The van der Waals surface area contributed by atoms with Crippen LogP contribution >= 0.6 is 0 Å². The predicted molar refractivity (Wildman–Crippen MR) is 105 cm³/mol. The molecule has 0 fully saturated rings. The van der Waals surface area contributed by atoms with Gasteiger partial charge in [0, 0.05) is 30.8 Å². The van der Waals surface area contributed by atoms with E-state index in [2.05, 4.69) is 5.32 Å². The molecule has 0 bridgehead atoms. The average molecular weight is 373 g/mol. The van der Waals surface area contributed by atoms with Gasteiger partial charge >= 0.3 is 0 Å². The minimum atomic E-state index is -0.472. The van der Waals surface area contributed by atoms with E-state index in [1.165, 1.54) is 12.1 Å². The highest BCUT2D eigenvalue weighted by molar-refractivity contribution is 5.99. The van der Waals surface area contributed by atoms with Gasteiger partial charge in [-0.2, -0.15) is 0 Å². The number of nitro benzene ring substituents is 1. The van der Waals surface area contributed by atoms with Crippen molar-refractivity contribution in [2.45, 2.75) is 19.3 Å². The summed E-state index contributed by atoms with van der Waals surface area (Å²) in [4.78, 5) is 25.5. The quantitative estimate of drug-likeness (QED) is 0.523. The van der Waals surface area contributed by atoms with Crippen molar-refractivity contribution < 1.29 is 9.72 Å². The van der Waals surface area contributed by atoms with Crippen molar-refractivity contribution in [2.24, 2.45) is 0 Å². The van der Waals surface area contributed by atoms with Crippen LogP contribution in [-0.2, 0) is 13.1 Å². The molecule has 3 aromatic carbocycles. The lowest BCUT2D eigenvalue weighted by atomic mass is 10.1. The van der Waals surface area contributed by atoms with E-state index >= 15 is 0 Å². The fraction of sp³-hybridized carbons (Fsp3) is 0.136. The molecule has 1 amide bonds. The number of carbonyl (C=O) groups is 1. The second-order valence-electron chi connectivity index (χ2n) is 6.72. The third kappa shape index (κ3) is 3.50. The molecule has 0 spiro atoms. The summed E-state index contributed by atoms with van der Waals surface area (Å²) < 4.78 is 0. The molecular weight excluding hydrogens is 354 g/mol. The van der Waals surface area contributed by atoms with Crippen LogP contribution in [0, 0.1) is 10.1 Å². The largest absolute Gasteiger partial charge is 0.315 e. The number of nitrogens with one attached hydrogen (secondary N) is 1. The van der Waals surface area contributed by atoms with E-state index in [0.717, 1.165) is 16.7 Å². The Hall–Kier alpha value is -3.51. The van der Waals surface area contributed by atoms with E-state index in [-0.39, 0.29) is 17.8 Å². The third-order valence-corrected chi connectivity index (χ3v) is 4.88. The Balaban J connectivity index is 1.66. The minimum absolute atomic E-state index is 0.0736. The molecular formula is C22H19N3O3. The Morgan fingerprint density at radius 3 is 2.21 bits per heavy atom. The van der Waals surface area contributed by atoms with Crippen LogP contribution in [0.4, 0.5) is 5.69 Å². The summed E-state index contributed by atoms with van der Waals surface area (Å²) in [6.45, 7) is 1.01. The lowest BCUT2D eigenvalue weighted by Gasteiger charge is -2.26. The maximum absolute atomic E-state index is 13.1. The lowest BCUT2D eigenvalue weighted by Crippen LogP contribution is -2.36. The topological polar surface area (TPSA) is 75.5 Å². The molecule has 0 saturated heterocycles. The summed E-state index contributed by atoms with van der Waals surface area (Å²) in [5.74, 6) is -0.201. The van der Waals surface area contributed by atoms with Gasteiger partial charge in [0.1, 0.15) is 6.17 Å². The number of nitrogens with zero attached hydrogens (tertiary/aromatic N) is 2.